The second-order valence-electron chi connectivity index (χ2n) is 8.55. The average molecular weight is 454 g/mol. The van der Waals surface area contributed by atoms with Gasteiger partial charge in [-0.1, -0.05) is 66.7 Å². The van der Waals surface area contributed by atoms with E-state index >= 15 is 0 Å². The maximum atomic E-state index is 11.5. The van der Waals surface area contributed by atoms with Crippen LogP contribution in [0.4, 0.5) is 10.6 Å². The molecule has 0 saturated carbocycles. The van der Waals surface area contributed by atoms with Gasteiger partial charge < -0.3 is 15.2 Å². The molecule has 1 aliphatic rings. The zero-order chi connectivity index (χ0) is 23.3. The molecule has 3 N–H and O–H groups in total. The van der Waals surface area contributed by atoms with E-state index in [2.05, 4.69) is 45.9 Å². The molecule has 0 bridgehead atoms. The molecule has 0 spiro atoms. The number of aromatic nitrogens is 1. The fourth-order valence-corrected chi connectivity index (χ4v) is 4.78. The lowest BCUT2D eigenvalue weighted by molar-refractivity contribution is 0.0108. The SMILES string of the molecule is O=C(O)Nc1nccc(C2CCNCC2OCc2ccc3ccccc3c2)c1-c1ccccc1. The Labute approximate surface area is 198 Å². The maximum absolute atomic E-state index is 11.5. The minimum Gasteiger partial charge on any atom is -0.465 e. The lowest BCUT2D eigenvalue weighted by Crippen LogP contribution is -2.41. The largest absolute Gasteiger partial charge is 0.465 e. The number of ether oxygens (including phenoxy) is 1. The standard InChI is InChI=1S/C28H27N3O3/c32-28(33)31-27-26(21-7-2-1-3-8-21)24(13-15-30-27)23-12-14-29-17-25(23)34-18-19-10-11-20-6-4-5-9-22(20)16-19/h1-11,13,15-16,23,25,29H,12,14,17-18H2,(H,30,31)(H,32,33). The molecular weight excluding hydrogens is 426 g/mol. The van der Waals surface area contributed by atoms with Gasteiger partial charge in [0.2, 0.25) is 0 Å². The summed E-state index contributed by atoms with van der Waals surface area (Å²) in [6.45, 7) is 2.12. The zero-order valence-electron chi connectivity index (χ0n) is 18.8. The highest BCUT2D eigenvalue weighted by atomic mass is 16.5. The van der Waals surface area contributed by atoms with Gasteiger partial charge in [-0.3, -0.25) is 5.32 Å². The summed E-state index contributed by atoms with van der Waals surface area (Å²) in [6.07, 6.45) is 1.38. The molecule has 2 atom stereocenters. The molecule has 2 unspecified atom stereocenters. The van der Waals surface area contributed by atoms with Crippen LogP contribution in [0.5, 0.6) is 0 Å². The highest BCUT2D eigenvalue weighted by Gasteiger charge is 2.30. The normalized spacial score (nSPS) is 18.0. The van der Waals surface area contributed by atoms with E-state index < -0.39 is 6.09 Å². The second-order valence-corrected chi connectivity index (χ2v) is 8.55. The number of benzene rings is 3. The van der Waals surface area contributed by atoms with Gasteiger partial charge in [0.15, 0.2) is 0 Å². The molecule has 4 aromatic rings. The van der Waals surface area contributed by atoms with Gasteiger partial charge in [-0.05, 0) is 52.6 Å². The number of hydrogen-bond donors (Lipinski definition) is 3. The molecule has 1 aliphatic heterocycles. The van der Waals surface area contributed by atoms with Crippen molar-refractivity contribution in [3.63, 3.8) is 0 Å². The van der Waals surface area contributed by atoms with Crippen molar-refractivity contribution in [3.8, 4) is 11.1 Å². The van der Waals surface area contributed by atoms with E-state index in [9.17, 15) is 9.90 Å². The van der Waals surface area contributed by atoms with E-state index in [-0.39, 0.29) is 12.0 Å². The molecule has 172 valence electrons. The van der Waals surface area contributed by atoms with E-state index in [4.69, 9.17) is 4.74 Å². The Kier molecular flexibility index (Phi) is 6.51. The van der Waals surface area contributed by atoms with Gasteiger partial charge in [0.25, 0.3) is 0 Å². The predicted octanol–water partition coefficient (Wildman–Crippen LogP) is 5.65. The van der Waals surface area contributed by atoms with Crippen LogP contribution in [0, 0.1) is 0 Å². The summed E-state index contributed by atoms with van der Waals surface area (Å²) in [7, 11) is 0. The van der Waals surface area contributed by atoms with Gasteiger partial charge in [0.05, 0.1) is 12.7 Å². The summed E-state index contributed by atoms with van der Waals surface area (Å²) in [5.41, 5.74) is 3.93. The molecule has 2 heterocycles. The Morgan fingerprint density at radius 2 is 1.82 bits per heavy atom. The van der Waals surface area contributed by atoms with Gasteiger partial charge in [-0.2, -0.15) is 0 Å². The van der Waals surface area contributed by atoms with Crippen molar-refractivity contribution in [3.05, 3.63) is 96.2 Å². The number of amides is 1. The number of piperidine rings is 1. The molecule has 34 heavy (non-hydrogen) atoms. The van der Waals surface area contributed by atoms with Gasteiger partial charge in [0.1, 0.15) is 5.82 Å². The van der Waals surface area contributed by atoms with E-state index in [0.29, 0.717) is 12.4 Å². The Morgan fingerprint density at radius 3 is 2.65 bits per heavy atom. The molecule has 6 nitrogen and oxygen atoms in total. The van der Waals surface area contributed by atoms with Crippen molar-refractivity contribution in [2.75, 3.05) is 18.4 Å². The topological polar surface area (TPSA) is 83.5 Å². The number of carboxylic acid groups (broad SMARTS) is 1. The van der Waals surface area contributed by atoms with Crippen molar-refractivity contribution in [1.29, 1.82) is 0 Å². The Hall–Kier alpha value is -3.74. The van der Waals surface area contributed by atoms with E-state index in [1.807, 2.05) is 48.5 Å². The van der Waals surface area contributed by atoms with Crippen molar-refractivity contribution in [1.82, 2.24) is 10.3 Å². The number of nitrogens with zero attached hydrogens (tertiary/aromatic N) is 1. The third kappa shape index (κ3) is 4.78. The molecule has 3 aromatic carbocycles. The minimum atomic E-state index is -1.13. The van der Waals surface area contributed by atoms with Crippen molar-refractivity contribution in [2.45, 2.75) is 25.0 Å². The number of fused-ring (bicyclic) bond motifs is 1. The van der Waals surface area contributed by atoms with Crippen LogP contribution in [-0.2, 0) is 11.3 Å². The monoisotopic (exact) mass is 453 g/mol. The van der Waals surface area contributed by atoms with Crippen LogP contribution < -0.4 is 10.6 Å². The third-order valence-corrected chi connectivity index (χ3v) is 6.37. The fourth-order valence-electron chi connectivity index (χ4n) is 4.78. The lowest BCUT2D eigenvalue weighted by atomic mass is 9.83. The summed E-state index contributed by atoms with van der Waals surface area (Å²) in [5, 5.41) is 17.8. The van der Waals surface area contributed by atoms with Crippen molar-refractivity contribution in [2.24, 2.45) is 0 Å². The van der Waals surface area contributed by atoms with Crippen LogP contribution in [0.15, 0.2) is 85.1 Å². The highest BCUT2D eigenvalue weighted by molar-refractivity contribution is 5.90. The lowest BCUT2D eigenvalue weighted by Gasteiger charge is -2.34. The first-order chi connectivity index (χ1) is 16.7. The van der Waals surface area contributed by atoms with Gasteiger partial charge in [-0.25, -0.2) is 9.78 Å². The molecular formula is C28H27N3O3. The summed E-state index contributed by atoms with van der Waals surface area (Å²) < 4.78 is 6.48. The van der Waals surface area contributed by atoms with Crippen LogP contribution in [0.1, 0.15) is 23.5 Å². The zero-order valence-corrected chi connectivity index (χ0v) is 18.8. The molecule has 0 aliphatic carbocycles. The molecule has 1 saturated heterocycles. The summed E-state index contributed by atoms with van der Waals surface area (Å²) in [6, 6.07) is 26.6. The van der Waals surface area contributed by atoms with Crippen LogP contribution in [0.25, 0.3) is 21.9 Å². The third-order valence-electron chi connectivity index (χ3n) is 6.37. The Balaban J connectivity index is 1.45. The van der Waals surface area contributed by atoms with Gasteiger partial charge in [-0.15, -0.1) is 0 Å². The number of carbonyl (C=O) groups is 1. The van der Waals surface area contributed by atoms with Crippen molar-refractivity contribution >= 4 is 22.7 Å². The van der Waals surface area contributed by atoms with Crippen LogP contribution >= 0.6 is 0 Å². The molecule has 1 aromatic heterocycles. The summed E-state index contributed by atoms with van der Waals surface area (Å²) >= 11 is 0. The number of nitrogens with one attached hydrogen (secondary N) is 2. The summed E-state index contributed by atoms with van der Waals surface area (Å²) in [4.78, 5) is 15.8. The molecule has 6 heteroatoms. The number of pyridine rings is 1. The number of rotatable bonds is 6. The quantitative estimate of drug-likeness (QED) is 0.351. The number of anilines is 1. The van der Waals surface area contributed by atoms with Crippen molar-refractivity contribution < 1.29 is 14.6 Å². The molecule has 1 fully saturated rings. The first-order valence-corrected chi connectivity index (χ1v) is 11.5. The van der Waals surface area contributed by atoms with E-state index in [0.717, 1.165) is 41.8 Å². The minimum absolute atomic E-state index is 0.0530. The Morgan fingerprint density at radius 1 is 1.03 bits per heavy atom. The van der Waals surface area contributed by atoms with Crippen LogP contribution in [0.2, 0.25) is 0 Å². The Bertz CT molecular complexity index is 1290. The average Bonchev–Trinajstić information content (AvgIpc) is 2.87. The summed E-state index contributed by atoms with van der Waals surface area (Å²) in [5.74, 6) is 0.456. The first-order valence-electron chi connectivity index (χ1n) is 11.5. The molecule has 0 radical (unpaired) electrons. The van der Waals surface area contributed by atoms with Crippen LogP contribution in [0.3, 0.4) is 0 Å². The van der Waals surface area contributed by atoms with E-state index in [1.165, 1.54) is 10.8 Å². The maximum Gasteiger partial charge on any atom is 0.410 e. The number of hydrogen-bond acceptors (Lipinski definition) is 4. The van der Waals surface area contributed by atoms with Crippen LogP contribution in [-0.4, -0.2) is 35.4 Å². The molecule has 5 rings (SSSR count). The molecule has 1 amide bonds. The second kappa shape index (κ2) is 10.0. The van der Waals surface area contributed by atoms with E-state index in [1.54, 1.807) is 6.20 Å². The van der Waals surface area contributed by atoms with Gasteiger partial charge in [0, 0.05) is 24.2 Å². The smallest absolute Gasteiger partial charge is 0.410 e. The highest BCUT2D eigenvalue weighted by Crippen LogP contribution is 2.39. The fraction of sp³-hybridized carbons (Fsp3) is 0.214. The van der Waals surface area contributed by atoms with Gasteiger partial charge >= 0.3 is 6.09 Å². The predicted molar refractivity (Wildman–Crippen MR) is 134 cm³/mol. The first kappa shape index (κ1) is 22.1.